The maximum Gasteiger partial charge on any atom is 0.254 e. The van der Waals surface area contributed by atoms with E-state index in [0.29, 0.717) is 34.8 Å². The van der Waals surface area contributed by atoms with Crippen LogP contribution in [-0.4, -0.2) is 46.1 Å². The first-order valence-corrected chi connectivity index (χ1v) is 8.05. The molecular formula is C16H14BrN5O2. The van der Waals surface area contributed by atoms with Gasteiger partial charge in [0.25, 0.3) is 5.91 Å². The molecule has 1 aliphatic heterocycles. The van der Waals surface area contributed by atoms with Gasteiger partial charge in [0.05, 0.1) is 11.1 Å². The lowest BCUT2D eigenvalue weighted by atomic mass is 10.1. The quantitative estimate of drug-likeness (QED) is 0.828. The Bertz CT molecular complexity index is 862. The smallest absolute Gasteiger partial charge is 0.254 e. The van der Waals surface area contributed by atoms with E-state index in [9.17, 15) is 10.1 Å². The highest BCUT2D eigenvalue weighted by atomic mass is 79.9. The van der Waals surface area contributed by atoms with Crippen molar-refractivity contribution in [3.8, 4) is 17.5 Å². The molecule has 0 bridgehead atoms. The van der Waals surface area contributed by atoms with E-state index in [1.165, 1.54) is 0 Å². The summed E-state index contributed by atoms with van der Waals surface area (Å²) >= 11 is 3.30. The van der Waals surface area contributed by atoms with Crippen LogP contribution in [0.25, 0.3) is 11.4 Å². The average Bonchev–Trinajstić information content (AvgIpc) is 2.87. The molecule has 2 heterocycles. The molecule has 0 spiro atoms. The number of nitrogens with one attached hydrogen (secondary N) is 1. The molecule has 8 heteroatoms. The third-order valence-corrected chi connectivity index (χ3v) is 4.46. The second kappa shape index (κ2) is 6.55. The van der Waals surface area contributed by atoms with Crippen LogP contribution in [0.4, 0.5) is 5.82 Å². The number of fused-ring (bicyclic) bond motifs is 1. The minimum atomic E-state index is -0.0546. The molecule has 1 amide bonds. The number of rotatable bonds is 4. The molecule has 2 N–H and O–H groups in total. The molecule has 3 rings (SSSR count). The van der Waals surface area contributed by atoms with Crippen molar-refractivity contribution in [2.45, 2.75) is 6.54 Å². The summed E-state index contributed by atoms with van der Waals surface area (Å²) in [7, 11) is 1.75. The lowest BCUT2D eigenvalue weighted by Gasteiger charge is -2.10. The number of anilines is 1. The summed E-state index contributed by atoms with van der Waals surface area (Å²) in [6.07, 6.45) is 0. The SMILES string of the molecule is CN1Cc2cc(-c3nc(C#N)c(Br)c(NCCO)n3)ccc2C1=O. The number of benzene rings is 1. The maximum atomic E-state index is 12.0. The first-order valence-electron chi connectivity index (χ1n) is 7.26. The van der Waals surface area contributed by atoms with Gasteiger partial charge in [0.1, 0.15) is 11.9 Å². The Kier molecular flexibility index (Phi) is 4.46. The number of nitrogens with zero attached hydrogens (tertiary/aromatic N) is 4. The van der Waals surface area contributed by atoms with E-state index in [4.69, 9.17) is 5.11 Å². The van der Waals surface area contributed by atoms with Crippen LogP contribution in [0.15, 0.2) is 22.7 Å². The Morgan fingerprint density at radius 3 is 2.96 bits per heavy atom. The lowest BCUT2D eigenvalue weighted by molar-refractivity contribution is 0.0816. The topological polar surface area (TPSA) is 102 Å². The monoisotopic (exact) mass is 387 g/mol. The second-order valence-electron chi connectivity index (χ2n) is 5.35. The highest BCUT2D eigenvalue weighted by Gasteiger charge is 2.25. The molecule has 7 nitrogen and oxygen atoms in total. The minimum Gasteiger partial charge on any atom is -0.395 e. The van der Waals surface area contributed by atoms with Gasteiger partial charge in [-0.2, -0.15) is 5.26 Å². The Hall–Kier alpha value is -2.50. The molecule has 1 aromatic carbocycles. The summed E-state index contributed by atoms with van der Waals surface area (Å²) in [6.45, 7) is 0.795. The third-order valence-electron chi connectivity index (χ3n) is 3.71. The van der Waals surface area contributed by atoms with Gasteiger partial charge >= 0.3 is 0 Å². The number of amides is 1. The van der Waals surface area contributed by atoms with E-state index in [2.05, 4.69) is 31.2 Å². The molecule has 1 aliphatic rings. The molecule has 0 saturated carbocycles. The molecule has 0 aliphatic carbocycles. The molecule has 0 unspecified atom stereocenters. The fourth-order valence-corrected chi connectivity index (χ4v) is 2.95. The number of nitriles is 1. The van der Waals surface area contributed by atoms with Gasteiger partial charge in [0.2, 0.25) is 0 Å². The van der Waals surface area contributed by atoms with Gasteiger partial charge < -0.3 is 15.3 Å². The molecule has 2 aromatic rings. The van der Waals surface area contributed by atoms with Gasteiger partial charge in [0, 0.05) is 31.3 Å². The van der Waals surface area contributed by atoms with Crippen molar-refractivity contribution < 1.29 is 9.90 Å². The van der Waals surface area contributed by atoms with E-state index in [1.807, 2.05) is 12.1 Å². The molecule has 1 aromatic heterocycles. The molecule has 0 saturated heterocycles. The Labute approximate surface area is 147 Å². The highest BCUT2D eigenvalue weighted by Crippen LogP contribution is 2.30. The van der Waals surface area contributed by atoms with Crippen LogP contribution >= 0.6 is 15.9 Å². The molecule has 0 fully saturated rings. The summed E-state index contributed by atoms with van der Waals surface area (Å²) in [5.74, 6) is 0.829. The fourth-order valence-electron chi connectivity index (χ4n) is 2.55. The normalized spacial score (nSPS) is 12.9. The number of carbonyl (C=O) groups excluding carboxylic acids is 1. The third kappa shape index (κ3) is 2.84. The number of halogens is 1. The van der Waals surface area contributed by atoms with Crippen LogP contribution in [0.3, 0.4) is 0 Å². The van der Waals surface area contributed by atoms with Gasteiger partial charge in [-0.15, -0.1) is 0 Å². The van der Waals surface area contributed by atoms with Crippen LogP contribution < -0.4 is 5.32 Å². The molecule has 24 heavy (non-hydrogen) atoms. The maximum absolute atomic E-state index is 12.0. The lowest BCUT2D eigenvalue weighted by Crippen LogP contribution is -2.17. The predicted octanol–water partition coefficient (Wildman–Crippen LogP) is 1.77. The van der Waals surface area contributed by atoms with Gasteiger partial charge in [0.15, 0.2) is 11.5 Å². The van der Waals surface area contributed by atoms with E-state index in [-0.39, 0.29) is 18.2 Å². The first kappa shape index (κ1) is 16.4. The second-order valence-corrected chi connectivity index (χ2v) is 6.15. The van der Waals surface area contributed by atoms with Crippen LogP contribution in [0.5, 0.6) is 0 Å². The highest BCUT2D eigenvalue weighted by molar-refractivity contribution is 9.10. The zero-order valence-electron chi connectivity index (χ0n) is 12.9. The van der Waals surface area contributed by atoms with Crippen LogP contribution in [-0.2, 0) is 6.54 Å². The molecule has 0 atom stereocenters. The standard InChI is InChI=1S/C16H14BrN5O2/c1-22-8-10-6-9(2-3-11(10)16(22)24)14-20-12(7-18)13(17)15(21-14)19-4-5-23/h2-3,6,23H,4-5,8H2,1H3,(H,19,20,21). The summed E-state index contributed by atoms with van der Waals surface area (Å²) in [6, 6.07) is 7.43. The average molecular weight is 388 g/mol. The predicted molar refractivity (Wildman–Crippen MR) is 91.3 cm³/mol. The van der Waals surface area contributed by atoms with Crippen molar-refractivity contribution in [1.82, 2.24) is 14.9 Å². The van der Waals surface area contributed by atoms with Crippen molar-refractivity contribution in [2.24, 2.45) is 0 Å². The number of carbonyl (C=O) groups is 1. The van der Waals surface area contributed by atoms with E-state index >= 15 is 0 Å². The number of hydrogen-bond donors (Lipinski definition) is 2. The van der Waals surface area contributed by atoms with Gasteiger partial charge in [-0.1, -0.05) is 6.07 Å². The van der Waals surface area contributed by atoms with Crippen LogP contribution in [0, 0.1) is 11.3 Å². The molecule has 0 radical (unpaired) electrons. The molecular weight excluding hydrogens is 374 g/mol. The van der Waals surface area contributed by atoms with Crippen molar-refractivity contribution in [1.29, 1.82) is 5.26 Å². The Morgan fingerprint density at radius 1 is 1.46 bits per heavy atom. The van der Waals surface area contributed by atoms with Crippen molar-refractivity contribution in [2.75, 3.05) is 25.5 Å². The van der Waals surface area contributed by atoms with Crippen LogP contribution in [0.1, 0.15) is 21.6 Å². The van der Waals surface area contributed by atoms with Crippen LogP contribution in [0.2, 0.25) is 0 Å². The van der Waals surface area contributed by atoms with Crippen molar-refractivity contribution >= 4 is 27.7 Å². The number of aromatic nitrogens is 2. The Morgan fingerprint density at radius 2 is 2.25 bits per heavy atom. The number of aliphatic hydroxyl groups is 1. The summed E-state index contributed by atoms with van der Waals surface area (Å²) < 4.78 is 0.457. The van der Waals surface area contributed by atoms with Gasteiger partial charge in [-0.25, -0.2) is 9.97 Å². The minimum absolute atomic E-state index is 0.00344. The summed E-state index contributed by atoms with van der Waals surface area (Å²) in [5.41, 5.74) is 2.52. The van der Waals surface area contributed by atoms with Crippen molar-refractivity contribution in [3.05, 3.63) is 39.5 Å². The van der Waals surface area contributed by atoms with Gasteiger partial charge in [-0.3, -0.25) is 4.79 Å². The zero-order chi connectivity index (χ0) is 17.3. The number of aliphatic hydroxyl groups excluding tert-OH is 1. The van der Waals surface area contributed by atoms with E-state index in [1.54, 1.807) is 24.1 Å². The Balaban J connectivity index is 2.05. The number of hydrogen-bond acceptors (Lipinski definition) is 6. The van der Waals surface area contributed by atoms with Gasteiger partial charge in [-0.05, 0) is 33.6 Å². The van der Waals surface area contributed by atoms with Crippen molar-refractivity contribution in [3.63, 3.8) is 0 Å². The zero-order valence-corrected chi connectivity index (χ0v) is 14.5. The van der Waals surface area contributed by atoms with E-state index < -0.39 is 0 Å². The molecule has 122 valence electrons. The first-order chi connectivity index (χ1) is 11.5. The summed E-state index contributed by atoms with van der Waals surface area (Å²) in [4.78, 5) is 22.3. The van der Waals surface area contributed by atoms with E-state index in [0.717, 1.165) is 11.1 Å². The summed E-state index contributed by atoms with van der Waals surface area (Å²) in [5, 5.41) is 21.2. The largest absolute Gasteiger partial charge is 0.395 e. The fraction of sp³-hybridized carbons (Fsp3) is 0.250.